The summed E-state index contributed by atoms with van der Waals surface area (Å²) >= 11 is 6.17. The molecule has 130 valence electrons. The Labute approximate surface area is 144 Å². The second-order valence-corrected chi connectivity index (χ2v) is 5.71. The van der Waals surface area contributed by atoms with Crippen molar-refractivity contribution in [2.75, 3.05) is 0 Å². The number of carbonyl (C=O) groups is 1. The highest BCUT2D eigenvalue weighted by Crippen LogP contribution is 2.35. The first-order valence-electron chi connectivity index (χ1n) is 7.08. The summed E-state index contributed by atoms with van der Waals surface area (Å²) in [6.07, 6.45) is -5.83. The van der Waals surface area contributed by atoms with Gasteiger partial charge in [0.15, 0.2) is 5.58 Å². The summed E-state index contributed by atoms with van der Waals surface area (Å²) in [6, 6.07) is 9.60. The molecule has 1 amide bonds. The first-order chi connectivity index (χ1) is 11.7. The minimum atomic E-state index is -4.40. The van der Waals surface area contributed by atoms with Crippen LogP contribution in [0.5, 0.6) is 0 Å². The molecule has 25 heavy (non-hydrogen) atoms. The Hall–Kier alpha value is -2.67. The van der Waals surface area contributed by atoms with Gasteiger partial charge in [-0.3, -0.25) is 0 Å². The third-order valence-corrected chi connectivity index (χ3v) is 3.86. The first kappa shape index (κ1) is 17.2. The van der Waals surface area contributed by atoms with Gasteiger partial charge in [-0.2, -0.15) is 13.2 Å². The molecule has 1 N–H and O–H groups in total. The molecule has 0 bridgehead atoms. The molecule has 0 saturated carbocycles. The van der Waals surface area contributed by atoms with E-state index in [1.54, 1.807) is 18.2 Å². The molecule has 0 saturated heterocycles. The smallest absolute Gasteiger partial charge is 0.416 e. The van der Waals surface area contributed by atoms with Gasteiger partial charge in [-0.25, -0.2) is 0 Å². The van der Waals surface area contributed by atoms with Crippen LogP contribution in [0, 0.1) is 0 Å². The van der Waals surface area contributed by atoms with E-state index in [0.717, 1.165) is 12.1 Å². The fraction of sp³-hybridized carbons (Fsp3) is 0.118. The van der Waals surface area contributed by atoms with Gasteiger partial charge in [0.05, 0.1) is 17.1 Å². The van der Waals surface area contributed by atoms with Gasteiger partial charge in [0.2, 0.25) is 0 Å². The average molecular weight is 369 g/mol. The molecule has 1 aromatic heterocycles. The summed E-state index contributed by atoms with van der Waals surface area (Å²) in [4.78, 5) is 10.4. The van der Waals surface area contributed by atoms with Crippen molar-refractivity contribution in [1.82, 2.24) is 5.32 Å². The zero-order valence-corrected chi connectivity index (χ0v) is 13.2. The van der Waals surface area contributed by atoms with E-state index in [9.17, 15) is 23.1 Å². The van der Waals surface area contributed by atoms with Crippen LogP contribution in [0.4, 0.5) is 18.0 Å². The topological polar surface area (TPSA) is 65.3 Å². The average Bonchev–Trinajstić information content (AvgIpc) is 2.96. The van der Waals surface area contributed by atoms with Crippen LogP contribution in [0.15, 0.2) is 46.9 Å². The van der Waals surface area contributed by atoms with E-state index in [4.69, 9.17) is 16.0 Å². The Morgan fingerprint density at radius 3 is 2.40 bits per heavy atom. The molecule has 0 aliphatic rings. The molecule has 0 unspecified atom stereocenters. The van der Waals surface area contributed by atoms with Crippen molar-refractivity contribution < 1.29 is 27.5 Å². The Kier molecular flexibility index (Phi) is 4.34. The standard InChI is InChI=1S/C17H11ClF3NO3/c18-14-7-10(9-1-3-12(4-2-9)17(19,20)21)5-11-6-13(25-15(11)14)8-22-16(23)24/h1-7,22H,8H2,(H,23,24)/p-1. The first-order valence-corrected chi connectivity index (χ1v) is 7.46. The van der Waals surface area contributed by atoms with Crippen molar-refractivity contribution >= 4 is 28.7 Å². The quantitative estimate of drug-likeness (QED) is 0.753. The van der Waals surface area contributed by atoms with Gasteiger partial charge < -0.3 is 19.6 Å². The Bertz CT molecular complexity index is 933. The van der Waals surface area contributed by atoms with Crippen LogP contribution >= 0.6 is 11.6 Å². The summed E-state index contributed by atoms with van der Waals surface area (Å²) in [7, 11) is 0. The van der Waals surface area contributed by atoms with E-state index in [0.29, 0.717) is 27.9 Å². The SMILES string of the molecule is O=C([O-])NCc1cc2cc(-c3ccc(C(F)(F)F)cc3)cc(Cl)c2o1. The van der Waals surface area contributed by atoms with Crippen molar-refractivity contribution in [3.8, 4) is 11.1 Å². The molecule has 4 nitrogen and oxygen atoms in total. The van der Waals surface area contributed by atoms with E-state index in [-0.39, 0.29) is 11.6 Å². The van der Waals surface area contributed by atoms with E-state index < -0.39 is 17.8 Å². The van der Waals surface area contributed by atoms with Crippen LogP contribution in [0.2, 0.25) is 5.02 Å². The minimum absolute atomic E-state index is 0.0804. The number of amides is 1. The van der Waals surface area contributed by atoms with E-state index in [2.05, 4.69) is 5.32 Å². The third kappa shape index (κ3) is 3.71. The number of rotatable bonds is 3. The van der Waals surface area contributed by atoms with Crippen molar-refractivity contribution in [2.45, 2.75) is 12.7 Å². The van der Waals surface area contributed by atoms with Crippen LogP contribution in [-0.2, 0) is 12.7 Å². The highest BCUT2D eigenvalue weighted by atomic mass is 35.5. The highest BCUT2D eigenvalue weighted by molar-refractivity contribution is 6.35. The predicted molar refractivity (Wildman–Crippen MR) is 83.9 cm³/mol. The molecule has 0 atom stereocenters. The summed E-state index contributed by atoms with van der Waals surface area (Å²) in [5, 5.41) is 13.4. The van der Waals surface area contributed by atoms with Crippen molar-refractivity contribution in [3.63, 3.8) is 0 Å². The van der Waals surface area contributed by atoms with Gasteiger partial charge in [0.25, 0.3) is 0 Å². The molecule has 0 aliphatic heterocycles. The second-order valence-electron chi connectivity index (χ2n) is 5.31. The molecule has 0 spiro atoms. The molecule has 1 heterocycles. The number of hydrogen-bond acceptors (Lipinski definition) is 3. The van der Waals surface area contributed by atoms with Crippen molar-refractivity contribution in [2.24, 2.45) is 0 Å². The lowest BCUT2D eigenvalue weighted by Crippen LogP contribution is -2.35. The summed E-state index contributed by atoms with van der Waals surface area (Å²) in [5.41, 5.74) is 0.814. The number of benzene rings is 2. The summed E-state index contributed by atoms with van der Waals surface area (Å²) in [5.74, 6) is 0.339. The van der Waals surface area contributed by atoms with Gasteiger partial charge in [0, 0.05) is 5.39 Å². The maximum Gasteiger partial charge on any atom is 0.416 e. The number of halogens is 4. The number of hydrogen-bond donors (Lipinski definition) is 1. The van der Waals surface area contributed by atoms with E-state index >= 15 is 0 Å². The van der Waals surface area contributed by atoms with E-state index in [1.165, 1.54) is 12.1 Å². The van der Waals surface area contributed by atoms with Crippen LogP contribution in [0.25, 0.3) is 22.1 Å². The maximum absolute atomic E-state index is 12.6. The molecule has 8 heteroatoms. The zero-order chi connectivity index (χ0) is 18.2. The number of carbonyl (C=O) groups excluding carboxylic acids is 1. The lowest BCUT2D eigenvalue weighted by atomic mass is 10.0. The van der Waals surface area contributed by atoms with Gasteiger partial charge in [0.1, 0.15) is 11.9 Å². The van der Waals surface area contributed by atoms with Gasteiger partial charge in [-0.15, -0.1) is 0 Å². The van der Waals surface area contributed by atoms with Crippen LogP contribution in [0.1, 0.15) is 11.3 Å². The van der Waals surface area contributed by atoms with Gasteiger partial charge >= 0.3 is 6.18 Å². The fourth-order valence-electron chi connectivity index (χ4n) is 2.43. The molecule has 3 rings (SSSR count). The number of fused-ring (bicyclic) bond motifs is 1. The third-order valence-electron chi connectivity index (χ3n) is 3.57. The molecule has 0 fully saturated rings. The number of nitrogens with one attached hydrogen (secondary N) is 1. The molecule has 0 aliphatic carbocycles. The molecule has 2 aromatic carbocycles. The molecular formula is C17H10ClF3NO3-. The van der Waals surface area contributed by atoms with Gasteiger partial charge in [-0.1, -0.05) is 23.7 Å². The van der Waals surface area contributed by atoms with Crippen LogP contribution < -0.4 is 10.4 Å². The molecule has 3 aromatic rings. The van der Waals surface area contributed by atoms with Gasteiger partial charge in [-0.05, 0) is 41.5 Å². The lowest BCUT2D eigenvalue weighted by Gasteiger charge is -2.08. The normalized spacial score (nSPS) is 11.7. The van der Waals surface area contributed by atoms with Crippen LogP contribution in [-0.4, -0.2) is 6.09 Å². The zero-order valence-electron chi connectivity index (χ0n) is 12.5. The summed E-state index contributed by atoms with van der Waals surface area (Å²) < 4.78 is 43.4. The van der Waals surface area contributed by atoms with Crippen LogP contribution in [0.3, 0.4) is 0 Å². The number of alkyl halides is 3. The number of carboxylic acid groups (broad SMARTS) is 1. The summed E-state index contributed by atoms with van der Waals surface area (Å²) in [6.45, 7) is -0.0804. The van der Waals surface area contributed by atoms with Crippen molar-refractivity contribution in [3.05, 3.63) is 58.8 Å². The Balaban J connectivity index is 1.96. The second kappa shape index (κ2) is 6.33. The highest BCUT2D eigenvalue weighted by Gasteiger charge is 2.30. The fourth-order valence-corrected chi connectivity index (χ4v) is 2.69. The van der Waals surface area contributed by atoms with E-state index in [1.807, 2.05) is 0 Å². The maximum atomic E-state index is 12.6. The molecule has 0 radical (unpaired) electrons. The predicted octanol–water partition coefficient (Wildman–Crippen LogP) is 4.20. The van der Waals surface area contributed by atoms with Crippen molar-refractivity contribution in [1.29, 1.82) is 0 Å². The lowest BCUT2D eigenvalue weighted by molar-refractivity contribution is -0.251. The monoisotopic (exact) mass is 368 g/mol. The largest absolute Gasteiger partial charge is 0.530 e. The minimum Gasteiger partial charge on any atom is -0.530 e. The number of furan rings is 1. The Morgan fingerprint density at radius 2 is 1.80 bits per heavy atom. The molecular weight excluding hydrogens is 359 g/mol. The Morgan fingerprint density at radius 1 is 1.12 bits per heavy atom.